The van der Waals surface area contributed by atoms with Crippen molar-refractivity contribution < 1.29 is 107 Å². The number of rotatable bonds is 14. The lowest BCUT2D eigenvalue weighted by atomic mass is 9.85. The van der Waals surface area contributed by atoms with Crippen LogP contribution in [0.25, 0.3) is 0 Å². The standard InChI is InChI=1S/2C18H18O5.2C17H16O6/c2*1-3-22-12-5-6-13-14(10-18(20)23-16(13)9-12)11-4-7-15(19)17(8-11)21-2;2*1-21-10-6-13(19)17-11(8-16(20)23-15(17)7-10)9-3-4-12(18)14(5-9)22-2/h2*4-9,14,19H,3,10H2,1-2H3;2*3-7,11,18-19H,8H2,1-2H3/t2*14-;2*11-/m1010/s1. The Morgan fingerprint density at radius 1 is 0.326 bits per heavy atom. The third kappa shape index (κ3) is 14.6. The van der Waals surface area contributed by atoms with Gasteiger partial charge in [0.1, 0.15) is 57.5 Å². The summed E-state index contributed by atoms with van der Waals surface area (Å²) in [5, 5.41) is 59.6. The van der Waals surface area contributed by atoms with Crippen molar-refractivity contribution in [1.29, 1.82) is 0 Å². The molecule has 0 amide bonds. The number of aromatic hydroxyl groups is 6. The average Bonchev–Trinajstić information content (AvgIpc) is 0.804. The molecule has 480 valence electrons. The van der Waals surface area contributed by atoms with Gasteiger partial charge in [0.05, 0.1) is 81.6 Å². The van der Waals surface area contributed by atoms with E-state index >= 15 is 0 Å². The molecule has 4 aliphatic rings. The molecule has 0 saturated carbocycles. The minimum Gasteiger partial charge on any atom is -0.507 e. The van der Waals surface area contributed by atoms with Gasteiger partial charge in [0, 0.05) is 82.3 Å². The molecule has 22 heteroatoms. The van der Waals surface area contributed by atoms with Gasteiger partial charge in [-0.25, -0.2) is 0 Å². The van der Waals surface area contributed by atoms with Gasteiger partial charge in [-0.2, -0.15) is 0 Å². The molecule has 0 spiro atoms. The van der Waals surface area contributed by atoms with E-state index in [1.54, 1.807) is 84.9 Å². The molecule has 0 bridgehead atoms. The van der Waals surface area contributed by atoms with Crippen LogP contribution < -0.4 is 56.8 Å². The van der Waals surface area contributed by atoms with Gasteiger partial charge in [0.15, 0.2) is 46.0 Å². The SMILES string of the molecule is CCOc1ccc2c(c1)OC(=O)C[C@@H]2c1ccc(O)c(OC)c1.CCOc1ccc2c(c1)OC(=O)C[C@H]2c1ccc(O)c(OC)c1.COc1cc(O)c2c(c1)OC(=O)C[C@@H]2c1ccc(O)c(OC)c1.COc1cc(O)c2c(c1)OC(=O)C[C@H]2c1ccc(O)c(OC)c1. The highest BCUT2D eigenvalue weighted by Gasteiger charge is 2.35. The van der Waals surface area contributed by atoms with Gasteiger partial charge in [-0.3, -0.25) is 19.2 Å². The maximum Gasteiger partial charge on any atom is 0.312 e. The zero-order chi connectivity index (χ0) is 65.9. The summed E-state index contributed by atoms with van der Waals surface area (Å²) in [6, 6.07) is 37.0. The summed E-state index contributed by atoms with van der Waals surface area (Å²) < 4.78 is 62.8. The van der Waals surface area contributed by atoms with Gasteiger partial charge in [-0.05, 0) is 96.8 Å². The first-order valence-corrected chi connectivity index (χ1v) is 29.0. The number of hydrogen-bond donors (Lipinski definition) is 6. The summed E-state index contributed by atoms with van der Waals surface area (Å²) in [6.45, 7) is 4.89. The number of carbonyl (C=O) groups is 4. The van der Waals surface area contributed by atoms with E-state index in [0.717, 1.165) is 33.4 Å². The van der Waals surface area contributed by atoms with Crippen LogP contribution in [-0.2, 0) is 19.2 Å². The number of ether oxygens (including phenoxy) is 12. The van der Waals surface area contributed by atoms with Crippen LogP contribution >= 0.6 is 0 Å². The highest BCUT2D eigenvalue weighted by Crippen LogP contribution is 2.50. The molecule has 0 aromatic heterocycles. The van der Waals surface area contributed by atoms with E-state index < -0.39 is 23.8 Å². The fraction of sp³-hybridized carbons (Fsp3) is 0.257. The molecule has 22 nitrogen and oxygen atoms in total. The molecule has 4 atom stereocenters. The van der Waals surface area contributed by atoms with Crippen LogP contribution in [0.4, 0.5) is 0 Å². The first kappa shape index (κ1) is 65.3. The first-order chi connectivity index (χ1) is 44.3. The van der Waals surface area contributed by atoms with Crippen molar-refractivity contribution in [3.8, 4) is 103 Å². The molecule has 0 unspecified atom stereocenters. The summed E-state index contributed by atoms with van der Waals surface area (Å²) >= 11 is 0. The molecule has 12 rings (SSSR count). The number of carbonyl (C=O) groups excluding carboxylic acids is 4. The third-order valence-corrected chi connectivity index (χ3v) is 15.5. The second-order valence-corrected chi connectivity index (χ2v) is 21.0. The zero-order valence-corrected chi connectivity index (χ0v) is 51.5. The van der Waals surface area contributed by atoms with Gasteiger partial charge in [0.2, 0.25) is 0 Å². The van der Waals surface area contributed by atoms with Crippen molar-refractivity contribution >= 4 is 23.9 Å². The largest absolute Gasteiger partial charge is 0.507 e. The molecule has 4 aliphatic heterocycles. The second-order valence-electron chi connectivity index (χ2n) is 21.0. The van der Waals surface area contributed by atoms with E-state index in [1.165, 1.54) is 66.9 Å². The monoisotopic (exact) mass is 1260 g/mol. The molecule has 6 N–H and O–H groups in total. The Balaban J connectivity index is 0.000000145. The fourth-order valence-electron chi connectivity index (χ4n) is 11.1. The van der Waals surface area contributed by atoms with Crippen LogP contribution in [0.2, 0.25) is 0 Å². The second kappa shape index (κ2) is 29.0. The van der Waals surface area contributed by atoms with Crippen LogP contribution in [0, 0.1) is 0 Å². The average molecular weight is 1260 g/mol. The number of hydrogen-bond acceptors (Lipinski definition) is 22. The molecule has 0 radical (unpaired) electrons. The van der Waals surface area contributed by atoms with Crippen molar-refractivity contribution in [3.05, 3.63) is 178 Å². The van der Waals surface area contributed by atoms with Gasteiger partial charge in [-0.15, -0.1) is 0 Å². The Morgan fingerprint density at radius 2 is 0.609 bits per heavy atom. The Hall–Kier alpha value is -11.2. The van der Waals surface area contributed by atoms with E-state index in [4.69, 9.17) is 56.8 Å². The normalized spacial score (nSPS) is 16.4. The number of esters is 4. The Bertz CT molecular complexity index is 3790. The predicted octanol–water partition coefficient (Wildman–Crippen LogP) is 11.6. The molecule has 8 aromatic rings. The number of phenols is 6. The third-order valence-electron chi connectivity index (χ3n) is 15.5. The minimum atomic E-state index is -0.401. The lowest BCUT2D eigenvalue weighted by Gasteiger charge is -2.26. The topological polar surface area (TPSA) is 300 Å². The number of fused-ring (bicyclic) bond motifs is 4. The maximum absolute atomic E-state index is 12.0. The highest BCUT2D eigenvalue weighted by atomic mass is 16.6. The lowest BCUT2D eigenvalue weighted by molar-refractivity contribution is -0.136. The van der Waals surface area contributed by atoms with Crippen molar-refractivity contribution in [2.24, 2.45) is 0 Å². The van der Waals surface area contributed by atoms with Crippen LogP contribution in [0.5, 0.6) is 103 Å². The van der Waals surface area contributed by atoms with Crippen LogP contribution in [-0.4, -0.2) is 110 Å². The van der Waals surface area contributed by atoms with E-state index in [1.807, 2.05) is 38.1 Å². The maximum atomic E-state index is 12.0. The number of phenolic OH excluding ortho intramolecular Hbond substituents is 6. The lowest BCUT2D eigenvalue weighted by Crippen LogP contribution is -2.21. The molecule has 0 fully saturated rings. The molecular formula is C70H68O22. The van der Waals surface area contributed by atoms with Gasteiger partial charge in [-0.1, -0.05) is 36.4 Å². The smallest absolute Gasteiger partial charge is 0.312 e. The molecular weight excluding hydrogens is 1190 g/mol. The van der Waals surface area contributed by atoms with Crippen LogP contribution in [0.1, 0.15) is 108 Å². The highest BCUT2D eigenvalue weighted by molar-refractivity contribution is 5.81. The molecule has 4 heterocycles. The van der Waals surface area contributed by atoms with E-state index in [-0.39, 0.29) is 95.5 Å². The Morgan fingerprint density at radius 3 is 0.902 bits per heavy atom. The summed E-state index contributed by atoms with van der Waals surface area (Å²) in [5.74, 6) is 2.77. The van der Waals surface area contributed by atoms with Gasteiger partial charge in [0.25, 0.3) is 0 Å². The summed E-state index contributed by atoms with van der Waals surface area (Å²) in [7, 11) is 8.82. The predicted molar refractivity (Wildman–Crippen MR) is 332 cm³/mol. The van der Waals surface area contributed by atoms with E-state index in [0.29, 0.717) is 81.8 Å². The summed E-state index contributed by atoms with van der Waals surface area (Å²) in [5.41, 5.74) is 6.11. The van der Waals surface area contributed by atoms with E-state index in [9.17, 15) is 49.8 Å². The summed E-state index contributed by atoms with van der Waals surface area (Å²) in [4.78, 5) is 47.7. The first-order valence-electron chi connectivity index (χ1n) is 29.0. The van der Waals surface area contributed by atoms with Crippen molar-refractivity contribution in [2.75, 3.05) is 55.9 Å². The van der Waals surface area contributed by atoms with Crippen molar-refractivity contribution in [3.63, 3.8) is 0 Å². The van der Waals surface area contributed by atoms with Gasteiger partial charge < -0.3 is 87.5 Å². The molecule has 8 aromatic carbocycles. The molecule has 92 heavy (non-hydrogen) atoms. The fourth-order valence-corrected chi connectivity index (χ4v) is 11.1. The van der Waals surface area contributed by atoms with Crippen molar-refractivity contribution in [2.45, 2.75) is 63.2 Å². The van der Waals surface area contributed by atoms with Crippen LogP contribution in [0.3, 0.4) is 0 Å². The van der Waals surface area contributed by atoms with Crippen LogP contribution in [0.15, 0.2) is 133 Å². The molecule has 0 saturated heterocycles. The number of benzene rings is 8. The zero-order valence-electron chi connectivity index (χ0n) is 51.5. The minimum absolute atomic E-state index is 0.00816. The Kier molecular flexibility index (Phi) is 20.6. The van der Waals surface area contributed by atoms with Gasteiger partial charge >= 0.3 is 23.9 Å². The molecule has 0 aliphatic carbocycles. The quantitative estimate of drug-likeness (QED) is 0.0435. The van der Waals surface area contributed by atoms with E-state index in [2.05, 4.69) is 0 Å². The summed E-state index contributed by atoms with van der Waals surface area (Å²) in [6.07, 6.45) is 0.658. The Labute approximate surface area is 529 Å². The number of methoxy groups -OCH3 is 6. The van der Waals surface area contributed by atoms with Crippen molar-refractivity contribution in [1.82, 2.24) is 0 Å².